The molecule has 0 fully saturated rings. The number of rotatable bonds is 6. The highest BCUT2D eigenvalue weighted by Gasteiger charge is 2.34. The van der Waals surface area contributed by atoms with Gasteiger partial charge in [-0.05, 0) is 13.8 Å². The molecule has 1 atom stereocenters. The van der Waals surface area contributed by atoms with E-state index in [1.807, 2.05) is 18.2 Å². The van der Waals surface area contributed by atoms with Gasteiger partial charge in [-0.25, -0.2) is 4.98 Å². The third-order valence-electron chi connectivity index (χ3n) is 3.88. The molecule has 1 aliphatic rings. The van der Waals surface area contributed by atoms with Gasteiger partial charge in [0.15, 0.2) is 0 Å². The molecule has 5 heteroatoms. The first kappa shape index (κ1) is 15.8. The van der Waals surface area contributed by atoms with Crippen molar-refractivity contribution < 1.29 is 9.53 Å². The third kappa shape index (κ3) is 3.18. The zero-order valence-electron chi connectivity index (χ0n) is 13.2. The number of hydrogen-bond donors (Lipinski definition) is 0. The zero-order valence-corrected chi connectivity index (χ0v) is 13.2. The van der Waals surface area contributed by atoms with E-state index in [1.165, 1.54) is 0 Å². The molecular formula is C16H25N3O2. The molecule has 0 saturated carbocycles. The summed E-state index contributed by atoms with van der Waals surface area (Å²) in [6.45, 7) is 11.5. The third-order valence-corrected chi connectivity index (χ3v) is 3.88. The summed E-state index contributed by atoms with van der Waals surface area (Å²) in [4.78, 5) is 18.7. The smallest absolute Gasteiger partial charge is 0.222 e. The maximum absolute atomic E-state index is 12.2. The van der Waals surface area contributed by atoms with Gasteiger partial charge in [-0.2, -0.15) is 0 Å². The van der Waals surface area contributed by atoms with Crippen LogP contribution in [0.2, 0.25) is 0 Å². The van der Waals surface area contributed by atoms with Gasteiger partial charge in [0.25, 0.3) is 0 Å². The quantitative estimate of drug-likeness (QED) is 0.597. The summed E-state index contributed by atoms with van der Waals surface area (Å²) < 4.78 is 7.81. The van der Waals surface area contributed by atoms with Crippen molar-refractivity contribution in [2.75, 3.05) is 19.8 Å². The van der Waals surface area contributed by atoms with E-state index in [0.717, 1.165) is 24.4 Å². The second kappa shape index (κ2) is 6.89. The van der Waals surface area contributed by atoms with Crippen LogP contribution in [-0.4, -0.2) is 40.1 Å². The Morgan fingerprint density at radius 3 is 3.00 bits per heavy atom. The number of carbonyl (C=O) groups is 1. The highest BCUT2D eigenvalue weighted by Crippen LogP contribution is 2.31. The average Bonchev–Trinajstić information content (AvgIpc) is 2.91. The summed E-state index contributed by atoms with van der Waals surface area (Å²) in [5.41, 5.74) is 2.22. The molecule has 0 aliphatic carbocycles. The molecule has 0 radical (unpaired) electrons. The van der Waals surface area contributed by atoms with Crippen LogP contribution in [0.15, 0.2) is 19.0 Å². The van der Waals surface area contributed by atoms with Gasteiger partial charge in [0.1, 0.15) is 0 Å². The Morgan fingerprint density at radius 2 is 2.38 bits per heavy atom. The van der Waals surface area contributed by atoms with Crippen LogP contribution >= 0.6 is 0 Å². The van der Waals surface area contributed by atoms with Crippen molar-refractivity contribution in [3.05, 3.63) is 30.4 Å². The number of ether oxygens (including phenoxy) is 1. The number of hydrogen-bond acceptors (Lipinski definition) is 3. The largest absolute Gasteiger partial charge is 0.375 e. The van der Waals surface area contributed by atoms with Gasteiger partial charge < -0.3 is 14.2 Å². The Labute approximate surface area is 126 Å². The fraction of sp³-hybridized carbons (Fsp3) is 0.625. The molecule has 2 heterocycles. The van der Waals surface area contributed by atoms with E-state index in [9.17, 15) is 4.79 Å². The molecular weight excluding hydrogens is 266 g/mol. The van der Waals surface area contributed by atoms with Gasteiger partial charge >= 0.3 is 0 Å². The number of imidazole rings is 1. The van der Waals surface area contributed by atoms with Crippen LogP contribution in [0.3, 0.4) is 0 Å². The van der Waals surface area contributed by atoms with Crippen LogP contribution in [0.25, 0.3) is 0 Å². The molecule has 0 bridgehead atoms. The summed E-state index contributed by atoms with van der Waals surface area (Å²) in [6, 6.07) is 0.269. The van der Waals surface area contributed by atoms with Gasteiger partial charge in [-0.15, -0.1) is 6.58 Å². The molecule has 21 heavy (non-hydrogen) atoms. The Kier molecular flexibility index (Phi) is 5.17. The predicted octanol–water partition coefficient (Wildman–Crippen LogP) is 2.50. The van der Waals surface area contributed by atoms with Crippen LogP contribution in [0.5, 0.6) is 0 Å². The summed E-state index contributed by atoms with van der Waals surface area (Å²) in [6.07, 6.45) is 4.95. The van der Waals surface area contributed by atoms with Crippen molar-refractivity contribution in [3.8, 4) is 0 Å². The van der Waals surface area contributed by atoms with E-state index in [1.54, 1.807) is 6.08 Å². The monoisotopic (exact) mass is 291 g/mol. The van der Waals surface area contributed by atoms with Crippen LogP contribution in [0.1, 0.15) is 50.7 Å². The highest BCUT2D eigenvalue weighted by atomic mass is 16.5. The summed E-state index contributed by atoms with van der Waals surface area (Å²) in [5.74, 6) is 0.171. The first-order chi connectivity index (χ1) is 10.1. The molecule has 5 nitrogen and oxygen atoms in total. The lowest BCUT2D eigenvalue weighted by Crippen LogP contribution is -2.42. The van der Waals surface area contributed by atoms with Crippen molar-refractivity contribution in [3.63, 3.8) is 0 Å². The van der Waals surface area contributed by atoms with E-state index in [0.29, 0.717) is 25.7 Å². The molecule has 0 saturated heterocycles. The molecule has 116 valence electrons. The van der Waals surface area contributed by atoms with E-state index in [-0.39, 0.29) is 11.9 Å². The lowest BCUT2D eigenvalue weighted by Gasteiger charge is -2.36. The molecule has 1 aliphatic heterocycles. The molecule has 1 amide bonds. The highest BCUT2D eigenvalue weighted by molar-refractivity contribution is 5.76. The Hall–Kier alpha value is -1.62. The number of fused-ring (bicyclic) bond motifs is 1. The number of amides is 1. The van der Waals surface area contributed by atoms with Gasteiger partial charge in [0.2, 0.25) is 5.91 Å². The van der Waals surface area contributed by atoms with Crippen molar-refractivity contribution in [1.82, 2.24) is 14.5 Å². The van der Waals surface area contributed by atoms with Crippen molar-refractivity contribution in [2.24, 2.45) is 0 Å². The fourth-order valence-corrected chi connectivity index (χ4v) is 2.84. The number of nitrogens with zero attached hydrogens (tertiary/aromatic N) is 3. The van der Waals surface area contributed by atoms with E-state index < -0.39 is 0 Å². The minimum Gasteiger partial charge on any atom is -0.375 e. The van der Waals surface area contributed by atoms with Crippen LogP contribution in [0, 0.1) is 0 Å². The molecule has 1 unspecified atom stereocenters. The van der Waals surface area contributed by atoms with Crippen LogP contribution < -0.4 is 0 Å². The van der Waals surface area contributed by atoms with Crippen LogP contribution in [0.4, 0.5) is 0 Å². The first-order valence-electron chi connectivity index (χ1n) is 7.63. The first-order valence-corrected chi connectivity index (χ1v) is 7.63. The molecule has 0 aromatic carbocycles. The molecule has 1 aromatic rings. The Balaban J connectivity index is 2.33. The standard InChI is InChI=1S/C16H25N3O2/c1-5-9-21-10-14-16-13(17-11-19(16)12(3)4)7-8-18(14)15(20)6-2/h5,11-12,14H,1,6-10H2,2-4H3. The Morgan fingerprint density at radius 1 is 1.62 bits per heavy atom. The topological polar surface area (TPSA) is 47.4 Å². The lowest BCUT2D eigenvalue weighted by atomic mass is 10.0. The van der Waals surface area contributed by atoms with Crippen molar-refractivity contribution in [1.29, 1.82) is 0 Å². The average molecular weight is 291 g/mol. The van der Waals surface area contributed by atoms with Crippen molar-refractivity contribution >= 4 is 5.91 Å². The SMILES string of the molecule is C=CCOCC1c2c(ncn2C(C)C)CCN1C(=O)CC. The molecule has 0 spiro atoms. The maximum Gasteiger partial charge on any atom is 0.222 e. The maximum atomic E-state index is 12.2. The van der Waals surface area contributed by atoms with Gasteiger partial charge in [-0.1, -0.05) is 13.0 Å². The summed E-state index contributed by atoms with van der Waals surface area (Å²) in [7, 11) is 0. The van der Waals surface area contributed by atoms with Crippen molar-refractivity contribution in [2.45, 2.75) is 45.7 Å². The predicted molar refractivity (Wildman–Crippen MR) is 82.1 cm³/mol. The molecule has 1 aromatic heterocycles. The molecule has 2 rings (SSSR count). The summed E-state index contributed by atoms with van der Waals surface area (Å²) >= 11 is 0. The van der Waals surface area contributed by atoms with E-state index in [4.69, 9.17) is 4.74 Å². The minimum absolute atomic E-state index is 0.0500. The van der Waals surface area contributed by atoms with Gasteiger partial charge in [0.05, 0.1) is 37.0 Å². The number of carbonyl (C=O) groups excluding carboxylic acids is 1. The normalized spacial score (nSPS) is 17.9. The Bertz CT molecular complexity index is 508. The van der Waals surface area contributed by atoms with Crippen LogP contribution in [-0.2, 0) is 16.0 Å². The van der Waals surface area contributed by atoms with Gasteiger partial charge in [-0.3, -0.25) is 4.79 Å². The molecule has 0 N–H and O–H groups in total. The van der Waals surface area contributed by atoms with E-state index >= 15 is 0 Å². The van der Waals surface area contributed by atoms with E-state index in [2.05, 4.69) is 30.0 Å². The second-order valence-electron chi connectivity index (χ2n) is 5.61. The second-order valence-corrected chi connectivity index (χ2v) is 5.61. The minimum atomic E-state index is -0.0500. The zero-order chi connectivity index (χ0) is 15.4. The number of aromatic nitrogens is 2. The summed E-state index contributed by atoms with van der Waals surface area (Å²) in [5, 5.41) is 0. The van der Waals surface area contributed by atoms with Gasteiger partial charge in [0, 0.05) is 25.4 Å². The lowest BCUT2D eigenvalue weighted by molar-refractivity contribution is -0.135. The fourth-order valence-electron chi connectivity index (χ4n) is 2.84.